The Balaban J connectivity index is 2.54. The molecule has 0 saturated carbocycles. The Morgan fingerprint density at radius 3 is 2.56 bits per heavy atom. The molecule has 1 atom stereocenters. The normalized spacial score (nSPS) is 12.1. The molecule has 0 aromatic heterocycles. The van der Waals surface area contributed by atoms with E-state index in [1.807, 2.05) is 30.3 Å². The number of benzene rings is 1. The van der Waals surface area contributed by atoms with Crippen LogP contribution in [0.5, 0.6) is 0 Å². The predicted octanol–water partition coefficient (Wildman–Crippen LogP) is 3.12. The first-order chi connectivity index (χ1) is 7.74. The highest BCUT2D eigenvalue weighted by Crippen LogP contribution is 2.24. The van der Waals surface area contributed by atoms with Gasteiger partial charge in [-0.2, -0.15) is 0 Å². The molecule has 0 heterocycles. The second kappa shape index (κ2) is 6.94. The Hall–Kier alpha value is -1.44. The smallest absolute Gasteiger partial charge is 0.129 e. The van der Waals surface area contributed by atoms with Gasteiger partial charge in [-0.15, -0.1) is 0 Å². The second-order valence-electron chi connectivity index (χ2n) is 4.10. The number of hydrogen-bond acceptors (Lipinski definition) is 2. The van der Waals surface area contributed by atoms with Gasteiger partial charge < -0.3 is 9.59 Å². The van der Waals surface area contributed by atoms with Crippen LogP contribution in [-0.2, 0) is 9.59 Å². The second-order valence-corrected chi connectivity index (χ2v) is 4.10. The van der Waals surface area contributed by atoms with Crippen LogP contribution in [0.2, 0.25) is 0 Å². The summed E-state index contributed by atoms with van der Waals surface area (Å²) in [4.78, 5) is 21.5. The lowest BCUT2D eigenvalue weighted by Gasteiger charge is -2.13. The molecule has 16 heavy (non-hydrogen) atoms. The van der Waals surface area contributed by atoms with Gasteiger partial charge >= 0.3 is 0 Å². The zero-order chi connectivity index (χ0) is 11.8. The van der Waals surface area contributed by atoms with Crippen molar-refractivity contribution in [3.8, 4) is 0 Å². The van der Waals surface area contributed by atoms with Crippen molar-refractivity contribution in [1.29, 1.82) is 0 Å². The van der Waals surface area contributed by atoms with Crippen LogP contribution in [0, 0.1) is 0 Å². The van der Waals surface area contributed by atoms with Crippen LogP contribution in [0.25, 0.3) is 0 Å². The summed E-state index contributed by atoms with van der Waals surface area (Å²) in [6, 6.07) is 10.0. The van der Waals surface area contributed by atoms with E-state index in [0.29, 0.717) is 12.8 Å². The molecule has 0 fully saturated rings. The van der Waals surface area contributed by atoms with Gasteiger partial charge in [0.1, 0.15) is 12.1 Å². The molecule has 0 saturated heterocycles. The molecule has 0 aliphatic heterocycles. The molecular weight excluding hydrogens is 200 g/mol. The average molecular weight is 218 g/mol. The van der Waals surface area contributed by atoms with Crippen molar-refractivity contribution < 1.29 is 9.59 Å². The highest BCUT2D eigenvalue weighted by atomic mass is 16.1. The molecule has 86 valence electrons. The van der Waals surface area contributed by atoms with Gasteiger partial charge in [-0.25, -0.2) is 0 Å². The molecule has 1 rings (SSSR count). The van der Waals surface area contributed by atoms with Crippen LogP contribution in [0.4, 0.5) is 0 Å². The molecular formula is C14H18O2. The molecule has 0 bridgehead atoms. The molecule has 0 radical (unpaired) electrons. The molecule has 2 heteroatoms. The third-order valence-electron chi connectivity index (χ3n) is 2.73. The first-order valence-electron chi connectivity index (χ1n) is 5.72. The first-order valence-corrected chi connectivity index (χ1v) is 5.72. The van der Waals surface area contributed by atoms with Gasteiger partial charge in [0.15, 0.2) is 0 Å². The number of aldehydes is 1. The summed E-state index contributed by atoms with van der Waals surface area (Å²) in [5, 5.41) is 0. The van der Waals surface area contributed by atoms with Crippen molar-refractivity contribution in [1.82, 2.24) is 0 Å². The Labute approximate surface area is 96.7 Å². The maximum atomic E-state index is 10.9. The lowest BCUT2D eigenvalue weighted by atomic mass is 9.91. The van der Waals surface area contributed by atoms with Gasteiger partial charge in [-0.1, -0.05) is 30.3 Å². The van der Waals surface area contributed by atoms with E-state index < -0.39 is 0 Å². The van der Waals surface area contributed by atoms with Crippen LogP contribution in [0.15, 0.2) is 30.3 Å². The summed E-state index contributed by atoms with van der Waals surface area (Å²) in [5.41, 5.74) is 1.19. The number of carbonyl (C=O) groups is 2. The van der Waals surface area contributed by atoms with Gasteiger partial charge in [0, 0.05) is 12.8 Å². The minimum Gasteiger partial charge on any atom is -0.303 e. The lowest BCUT2D eigenvalue weighted by molar-refractivity contribution is -0.117. The van der Waals surface area contributed by atoms with E-state index in [1.54, 1.807) is 6.92 Å². The van der Waals surface area contributed by atoms with Crippen molar-refractivity contribution in [2.75, 3.05) is 0 Å². The number of rotatable bonds is 7. The first kappa shape index (κ1) is 12.6. The Kier molecular flexibility index (Phi) is 5.48. The van der Waals surface area contributed by atoms with E-state index in [4.69, 9.17) is 0 Å². The predicted molar refractivity (Wildman–Crippen MR) is 64.4 cm³/mol. The van der Waals surface area contributed by atoms with Gasteiger partial charge in [-0.3, -0.25) is 0 Å². The topological polar surface area (TPSA) is 34.1 Å². The van der Waals surface area contributed by atoms with Crippen molar-refractivity contribution in [3.05, 3.63) is 35.9 Å². The summed E-state index contributed by atoms with van der Waals surface area (Å²) in [5.74, 6) is 0.482. The number of hydrogen-bond donors (Lipinski definition) is 0. The van der Waals surface area contributed by atoms with E-state index in [-0.39, 0.29) is 11.7 Å². The molecule has 0 aliphatic rings. The van der Waals surface area contributed by atoms with E-state index >= 15 is 0 Å². The fourth-order valence-corrected chi connectivity index (χ4v) is 1.86. The molecule has 0 spiro atoms. The summed E-state index contributed by atoms with van der Waals surface area (Å²) < 4.78 is 0. The van der Waals surface area contributed by atoms with Crippen molar-refractivity contribution in [2.24, 2.45) is 0 Å². The SMILES string of the molecule is CC(=O)CCCC(CC=O)c1ccccc1. The molecule has 0 aliphatic carbocycles. The fourth-order valence-electron chi connectivity index (χ4n) is 1.86. The monoisotopic (exact) mass is 218 g/mol. The zero-order valence-electron chi connectivity index (χ0n) is 9.69. The zero-order valence-corrected chi connectivity index (χ0v) is 9.69. The standard InChI is InChI=1S/C14H18O2/c1-12(16)6-5-9-14(10-11-15)13-7-3-2-4-8-13/h2-4,7-8,11,14H,5-6,9-10H2,1H3. The van der Waals surface area contributed by atoms with Crippen LogP contribution >= 0.6 is 0 Å². The quantitative estimate of drug-likeness (QED) is 0.659. The molecule has 1 unspecified atom stereocenters. The van der Waals surface area contributed by atoms with E-state index in [1.165, 1.54) is 5.56 Å². The Bertz CT molecular complexity index is 330. The summed E-state index contributed by atoms with van der Waals surface area (Å²) in [6.45, 7) is 1.61. The summed E-state index contributed by atoms with van der Waals surface area (Å²) in [7, 11) is 0. The summed E-state index contributed by atoms with van der Waals surface area (Å²) >= 11 is 0. The number of ketones is 1. The highest BCUT2D eigenvalue weighted by molar-refractivity contribution is 5.75. The number of Topliss-reactive ketones (excluding diaryl/α,β-unsaturated/α-hetero) is 1. The van der Waals surface area contributed by atoms with Gasteiger partial charge in [0.25, 0.3) is 0 Å². The van der Waals surface area contributed by atoms with Crippen LogP contribution in [0.1, 0.15) is 44.1 Å². The van der Waals surface area contributed by atoms with Crippen LogP contribution in [-0.4, -0.2) is 12.1 Å². The maximum absolute atomic E-state index is 10.9. The molecule has 2 nitrogen and oxygen atoms in total. The molecule has 0 amide bonds. The molecule has 0 N–H and O–H groups in total. The maximum Gasteiger partial charge on any atom is 0.129 e. The van der Waals surface area contributed by atoms with Crippen LogP contribution < -0.4 is 0 Å². The van der Waals surface area contributed by atoms with E-state index in [0.717, 1.165) is 19.1 Å². The van der Waals surface area contributed by atoms with Gasteiger partial charge in [0.05, 0.1) is 0 Å². The highest BCUT2D eigenvalue weighted by Gasteiger charge is 2.10. The van der Waals surface area contributed by atoms with Crippen LogP contribution in [0.3, 0.4) is 0 Å². The summed E-state index contributed by atoms with van der Waals surface area (Å²) in [6.07, 6.45) is 3.89. The molecule has 1 aromatic rings. The van der Waals surface area contributed by atoms with E-state index in [2.05, 4.69) is 0 Å². The average Bonchev–Trinajstić information content (AvgIpc) is 2.29. The van der Waals surface area contributed by atoms with Gasteiger partial charge in [0.2, 0.25) is 0 Å². The third kappa shape index (κ3) is 4.39. The van der Waals surface area contributed by atoms with Crippen molar-refractivity contribution in [2.45, 2.75) is 38.5 Å². The minimum absolute atomic E-state index is 0.220. The largest absolute Gasteiger partial charge is 0.303 e. The van der Waals surface area contributed by atoms with Crippen molar-refractivity contribution in [3.63, 3.8) is 0 Å². The van der Waals surface area contributed by atoms with Gasteiger partial charge in [-0.05, 0) is 31.2 Å². The fraction of sp³-hybridized carbons (Fsp3) is 0.429. The lowest BCUT2D eigenvalue weighted by Crippen LogP contribution is -2.01. The Morgan fingerprint density at radius 1 is 1.31 bits per heavy atom. The minimum atomic E-state index is 0.220. The Morgan fingerprint density at radius 2 is 2.00 bits per heavy atom. The van der Waals surface area contributed by atoms with Crippen molar-refractivity contribution >= 4 is 12.1 Å². The number of carbonyl (C=O) groups excluding carboxylic acids is 2. The molecule has 1 aromatic carbocycles. The third-order valence-corrected chi connectivity index (χ3v) is 2.73. The van der Waals surface area contributed by atoms with E-state index in [9.17, 15) is 9.59 Å².